The Morgan fingerprint density at radius 3 is 2.30 bits per heavy atom. The van der Waals surface area contributed by atoms with E-state index in [0.717, 1.165) is 6.07 Å². The van der Waals surface area contributed by atoms with Crippen molar-refractivity contribution < 1.29 is 32.3 Å². The number of ether oxygens (including phenoxy) is 1. The van der Waals surface area contributed by atoms with Gasteiger partial charge in [0.25, 0.3) is 5.91 Å². The fourth-order valence-corrected chi connectivity index (χ4v) is 1.95. The molecule has 0 heterocycles. The molecule has 0 saturated heterocycles. The van der Waals surface area contributed by atoms with Gasteiger partial charge in [-0.1, -0.05) is 32.4 Å². The highest BCUT2D eigenvalue weighted by atomic mass is 35.5. The van der Waals surface area contributed by atoms with Crippen LogP contribution in [0.1, 0.15) is 33.3 Å². The first-order valence-electron chi connectivity index (χ1n) is 7.86. The summed E-state index contributed by atoms with van der Waals surface area (Å²) in [7, 11) is 0. The molecule has 0 aliphatic rings. The molecule has 10 heteroatoms. The largest absolute Gasteiger partial charge is 0.454 e. The number of nitrogens with one attached hydrogen (secondary N) is 2. The van der Waals surface area contributed by atoms with Gasteiger partial charge in [0.05, 0.1) is 11.3 Å². The Hall–Kier alpha value is -2.29. The van der Waals surface area contributed by atoms with E-state index in [0.29, 0.717) is 6.07 Å². The first kappa shape index (κ1) is 22.8. The predicted molar refractivity (Wildman–Crippen MR) is 93.1 cm³/mol. The van der Waals surface area contributed by atoms with Crippen LogP contribution < -0.4 is 10.6 Å². The van der Waals surface area contributed by atoms with Gasteiger partial charge < -0.3 is 15.4 Å². The number of esters is 1. The monoisotopic (exact) mass is 408 g/mol. The Morgan fingerprint density at radius 2 is 1.78 bits per heavy atom. The van der Waals surface area contributed by atoms with Crippen LogP contribution in [0.4, 0.5) is 18.9 Å². The number of alkyl halides is 3. The van der Waals surface area contributed by atoms with Gasteiger partial charge in [0.2, 0.25) is 5.91 Å². The average molecular weight is 409 g/mol. The van der Waals surface area contributed by atoms with E-state index in [4.69, 9.17) is 16.3 Å². The zero-order valence-corrected chi connectivity index (χ0v) is 15.9. The Morgan fingerprint density at radius 1 is 1.19 bits per heavy atom. The quantitative estimate of drug-likeness (QED) is 0.731. The SMILES string of the molecule is CC(NC(=O)C(C)(C)C)C(=O)OCC(=O)Nc1ccc(Cl)cc1C(F)(F)F. The Bertz CT molecular complexity index is 730. The second-order valence-electron chi connectivity index (χ2n) is 6.79. The lowest BCUT2D eigenvalue weighted by Crippen LogP contribution is -2.45. The lowest BCUT2D eigenvalue weighted by Gasteiger charge is -2.21. The number of carbonyl (C=O) groups is 3. The zero-order valence-electron chi connectivity index (χ0n) is 15.2. The number of amides is 2. The summed E-state index contributed by atoms with van der Waals surface area (Å²) in [5.74, 6) is -2.26. The standard InChI is InChI=1S/C17H20ClF3N2O4/c1-9(22-15(26)16(2,3)4)14(25)27-8-13(24)23-12-6-5-10(18)7-11(12)17(19,20)21/h5-7,9H,8H2,1-4H3,(H,22,26)(H,23,24). The van der Waals surface area contributed by atoms with E-state index < -0.39 is 53.3 Å². The van der Waals surface area contributed by atoms with E-state index in [9.17, 15) is 27.6 Å². The van der Waals surface area contributed by atoms with Crippen molar-refractivity contribution in [3.8, 4) is 0 Å². The fourth-order valence-electron chi connectivity index (χ4n) is 1.78. The Labute approximate surface area is 159 Å². The molecule has 0 spiro atoms. The second-order valence-corrected chi connectivity index (χ2v) is 7.23. The molecule has 1 aromatic rings. The first-order chi connectivity index (χ1) is 12.2. The molecule has 1 atom stereocenters. The zero-order chi connectivity index (χ0) is 21.0. The van der Waals surface area contributed by atoms with Gasteiger partial charge in [0.1, 0.15) is 6.04 Å². The minimum absolute atomic E-state index is 0.143. The van der Waals surface area contributed by atoms with Crippen molar-refractivity contribution in [3.63, 3.8) is 0 Å². The molecular weight excluding hydrogens is 389 g/mol. The highest BCUT2D eigenvalue weighted by Crippen LogP contribution is 2.36. The molecule has 0 fully saturated rings. The maximum atomic E-state index is 13.0. The molecule has 1 unspecified atom stereocenters. The average Bonchev–Trinajstić information content (AvgIpc) is 2.52. The molecule has 2 N–H and O–H groups in total. The minimum atomic E-state index is -4.73. The van der Waals surface area contributed by atoms with Gasteiger partial charge in [-0.25, -0.2) is 4.79 Å². The number of anilines is 1. The van der Waals surface area contributed by atoms with Gasteiger partial charge in [-0.3, -0.25) is 9.59 Å². The predicted octanol–water partition coefficient (Wildman–Crippen LogP) is 3.39. The van der Waals surface area contributed by atoms with Crippen molar-refractivity contribution in [1.82, 2.24) is 5.32 Å². The lowest BCUT2D eigenvalue weighted by atomic mass is 9.95. The number of benzene rings is 1. The third kappa shape index (κ3) is 7.09. The molecule has 0 aromatic heterocycles. The number of hydrogen-bond acceptors (Lipinski definition) is 4. The van der Waals surface area contributed by atoms with Crippen molar-refractivity contribution >= 4 is 35.1 Å². The van der Waals surface area contributed by atoms with Crippen LogP contribution in [0, 0.1) is 5.41 Å². The van der Waals surface area contributed by atoms with Gasteiger partial charge in [-0.05, 0) is 25.1 Å². The molecule has 0 radical (unpaired) electrons. The minimum Gasteiger partial charge on any atom is -0.454 e. The van der Waals surface area contributed by atoms with Crippen molar-refractivity contribution in [3.05, 3.63) is 28.8 Å². The third-order valence-corrected chi connectivity index (χ3v) is 3.52. The summed E-state index contributed by atoms with van der Waals surface area (Å²) in [5.41, 5.74) is -2.36. The van der Waals surface area contributed by atoms with E-state index in [-0.39, 0.29) is 5.02 Å². The summed E-state index contributed by atoms with van der Waals surface area (Å²) in [6.45, 7) is 5.51. The highest BCUT2D eigenvalue weighted by molar-refractivity contribution is 6.30. The number of halogens is 4. The van der Waals surface area contributed by atoms with Crippen LogP contribution in [0.3, 0.4) is 0 Å². The van der Waals surface area contributed by atoms with Gasteiger partial charge >= 0.3 is 12.1 Å². The number of carbonyl (C=O) groups excluding carboxylic acids is 3. The van der Waals surface area contributed by atoms with Crippen molar-refractivity contribution in [1.29, 1.82) is 0 Å². The van der Waals surface area contributed by atoms with E-state index in [2.05, 4.69) is 5.32 Å². The normalized spacial score (nSPS) is 12.9. The Balaban J connectivity index is 2.66. The van der Waals surface area contributed by atoms with E-state index in [1.165, 1.54) is 13.0 Å². The number of rotatable bonds is 5. The molecule has 6 nitrogen and oxygen atoms in total. The molecule has 1 aromatic carbocycles. The second kappa shape index (κ2) is 8.60. The van der Waals surface area contributed by atoms with Crippen molar-refractivity contribution in [2.75, 3.05) is 11.9 Å². The molecule has 1 rings (SSSR count). The summed E-state index contributed by atoms with van der Waals surface area (Å²) in [6.07, 6.45) is -4.73. The summed E-state index contributed by atoms with van der Waals surface area (Å²) in [4.78, 5) is 35.4. The van der Waals surface area contributed by atoms with Crippen LogP contribution in [0.5, 0.6) is 0 Å². The van der Waals surface area contributed by atoms with E-state index in [1.807, 2.05) is 5.32 Å². The molecule has 0 aliphatic carbocycles. The van der Waals surface area contributed by atoms with Crippen LogP contribution in [0.25, 0.3) is 0 Å². The highest BCUT2D eigenvalue weighted by Gasteiger charge is 2.34. The molecule has 0 bridgehead atoms. The van der Waals surface area contributed by atoms with Gasteiger partial charge in [-0.15, -0.1) is 0 Å². The fraction of sp³-hybridized carbons (Fsp3) is 0.471. The molecule has 2 amide bonds. The van der Waals surface area contributed by atoms with E-state index in [1.54, 1.807) is 20.8 Å². The van der Waals surface area contributed by atoms with Gasteiger partial charge in [0.15, 0.2) is 6.61 Å². The Kier molecular flexibility index (Phi) is 7.25. The first-order valence-corrected chi connectivity index (χ1v) is 8.24. The maximum Gasteiger partial charge on any atom is 0.418 e. The van der Waals surface area contributed by atoms with Crippen molar-refractivity contribution in [2.45, 2.75) is 39.9 Å². The molecule has 0 aliphatic heterocycles. The van der Waals surface area contributed by atoms with Crippen LogP contribution in [0.2, 0.25) is 5.02 Å². The topological polar surface area (TPSA) is 84.5 Å². The molecular formula is C17H20ClF3N2O4. The molecule has 0 saturated carbocycles. The van der Waals surface area contributed by atoms with E-state index >= 15 is 0 Å². The maximum absolute atomic E-state index is 13.0. The van der Waals surface area contributed by atoms with Gasteiger partial charge in [-0.2, -0.15) is 13.2 Å². The molecule has 27 heavy (non-hydrogen) atoms. The summed E-state index contributed by atoms with van der Waals surface area (Å²) < 4.78 is 43.7. The van der Waals surface area contributed by atoms with Gasteiger partial charge in [0, 0.05) is 10.4 Å². The van der Waals surface area contributed by atoms with Crippen LogP contribution in [-0.4, -0.2) is 30.4 Å². The summed E-state index contributed by atoms with van der Waals surface area (Å²) >= 11 is 5.55. The number of hydrogen-bond donors (Lipinski definition) is 2. The third-order valence-electron chi connectivity index (χ3n) is 3.29. The van der Waals surface area contributed by atoms with Crippen LogP contribution in [-0.2, 0) is 25.3 Å². The summed E-state index contributed by atoms with van der Waals surface area (Å²) in [5, 5.41) is 4.30. The lowest BCUT2D eigenvalue weighted by molar-refractivity contribution is -0.150. The van der Waals surface area contributed by atoms with Crippen LogP contribution >= 0.6 is 11.6 Å². The van der Waals surface area contributed by atoms with Crippen LogP contribution in [0.15, 0.2) is 18.2 Å². The smallest absolute Gasteiger partial charge is 0.418 e. The summed E-state index contributed by atoms with van der Waals surface area (Å²) in [6, 6.07) is 1.83. The molecule has 150 valence electrons. The van der Waals surface area contributed by atoms with Crippen molar-refractivity contribution in [2.24, 2.45) is 5.41 Å².